The monoisotopic (exact) mass is 309 g/mol. The van der Waals surface area contributed by atoms with E-state index < -0.39 is 11.7 Å². The largest absolute Gasteiger partial charge is 0.389 e. The molecule has 3 N–H and O–H groups in total. The molecule has 1 amide bonds. The maximum Gasteiger partial charge on any atom is 0.257 e. The predicted octanol–water partition coefficient (Wildman–Crippen LogP) is 2.76. The fourth-order valence-corrected chi connectivity index (χ4v) is 1.95. The van der Waals surface area contributed by atoms with Crippen LogP contribution < -0.4 is 11.1 Å². The number of aromatic nitrogens is 1. The highest BCUT2D eigenvalue weighted by Gasteiger charge is 2.14. The number of thiocarbonyl (C=S) groups is 1. The van der Waals surface area contributed by atoms with Crippen LogP contribution in [0.2, 0.25) is 5.02 Å². The van der Waals surface area contributed by atoms with Crippen LogP contribution in [0.15, 0.2) is 36.7 Å². The number of anilines is 1. The van der Waals surface area contributed by atoms with Gasteiger partial charge in [-0.1, -0.05) is 23.8 Å². The molecule has 7 heteroatoms. The van der Waals surface area contributed by atoms with Crippen molar-refractivity contribution in [2.45, 2.75) is 0 Å². The summed E-state index contributed by atoms with van der Waals surface area (Å²) in [5.74, 6) is -0.950. The Morgan fingerprint density at radius 2 is 2.10 bits per heavy atom. The van der Waals surface area contributed by atoms with Crippen molar-refractivity contribution in [2.24, 2.45) is 5.73 Å². The molecule has 0 aliphatic heterocycles. The van der Waals surface area contributed by atoms with E-state index in [1.165, 1.54) is 30.6 Å². The third kappa shape index (κ3) is 3.09. The molecular formula is C13H9ClFN3OS. The molecule has 1 heterocycles. The third-order valence-corrected chi connectivity index (χ3v) is 3.03. The highest BCUT2D eigenvalue weighted by molar-refractivity contribution is 7.80. The van der Waals surface area contributed by atoms with Crippen molar-refractivity contribution >= 4 is 40.4 Å². The van der Waals surface area contributed by atoms with Gasteiger partial charge in [0.25, 0.3) is 5.91 Å². The Bertz CT molecular complexity index is 693. The molecule has 0 aliphatic rings. The van der Waals surface area contributed by atoms with E-state index in [1.807, 2.05) is 0 Å². The fourth-order valence-electron chi connectivity index (χ4n) is 1.58. The van der Waals surface area contributed by atoms with Gasteiger partial charge < -0.3 is 11.1 Å². The summed E-state index contributed by atoms with van der Waals surface area (Å²) in [6, 6.07) is 5.22. The van der Waals surface area contributed by atoms with Gasteiger partial charge in [-0.25, -0.2) is 4.39 Å². The zero-order valence-corrected chi connectivity index (χ0v) is 11.6. The smallest absolute Gasteiger partial charge is 0.257 e. The Labute approximate surface area is 124 Å². The van der Waals surface area contributed by atoms with Crippen LogP contribution in [0, 0.1) is 5.82 Å². The molecular weight excluding hydrogens is 301 g/mol. The first kappa shape index (κ1) is 14.4. The first-order chi connectivity index (χ1) is 9.49. The Morgan fingerprint density at radius 3 is 2.75 bits per heavy atom. The predicted molar refractivity (Wildman–Crippen MR) is 79.5 cm³/mol. The van der Waals surface area contributed by atoms with Crippen molar-refractivity contribution in [3.8, 4) is 0 Å². The van der Waals surface area contributed by atoms with Crippen LogP contribution in [0.4, 0.5) is 10.1 Å². The molecule has 0 fully saturated rings. The second kappa shape index (κ2) is 5.94. The van der Waals surface area contributed by atoms with Crippen LogP contribution in [0.1, 0.15) is 15.9 Å². The van der Waals surface area contributed by atoms with E-state index in [2.05, 4.69) is 10.3 Å². The van der Waals surface area contributed by atoms with E-state index in [4.69, 9.17) is 29.6 Å². The van der Waals surface area contributed by atoms with Crippen LogP contribution in [-0.2, 0) is 0 Å². The molecule has 0 aliphatic carbocycles. The summed E-state index contributed by atoms with van der Waals surface area (Å²) in [5, 5.41) is 2.80. The molecule has 1 aromatic carbocycles. The normalized spacial score (nSPS) is 10.1. The Morgan fingerprint density at radius 1 is 1.35 bits per heavy atom. The molecule has 0 saturated heterocycles. The quantitative estimate of drug-likeness (QED) is 0.856. The minimum absolute atomic E-state index is 0.0133. The summed E-state index contributed by atoms with van der Waals surface area (Å²) in [5.41, 5.74) is 6.32. The van der Waals surface area contributed by atoms with Gasteiger partial charge in [0.1, 0.15) is 10.8 Å². The van der Waals surface area contributed by atoms with Gasteiger partial charge >= 0.3 is 0 Å². The average Bonchev–Trinajstić information content (AvgIpc) is 2.41. The lowest BCUT2D eigenvalue weighted by Crippen LogP contribution is -2.18. The van der Waals surface area contributed by atoms with Crippen LogP contribution in [0.25, 0.3) is 0 Å². The summed E-state index contributed by atoms with van der Waals surface area (Å²) < 4.78 is 13.2. The number of benzene rings is 1. The molecule has 1 aromatic heterocycles. The number of nitrogens with one attached hydrogen (secondary N) is 1. The summed E-state index contributed by atoms with van der Waals surface area (Å²) in [7, 11) is 0. The summed E-state index contributed by atoms with van der Waals surface area (Å²) in [6.07, 6.45) is 2.80. The zero-order valence-electron chi connectivity index (χ0n) is 10.1. The van der Waals surface area contributed by atoms with Crippen LogP contribution in [-0.4, -0.2) is 15.9 Å². The Hall–Kier alpha value is -2.05. The average molecular weight is 310 g/mol. The van der Waals surface area contributed by atoms with Gasteiger partial charge in [0.05, 0.1) is 16.3 Å². The number of pyridine rings is 1. The maximum absolute atomic E-state index is 13.2. The number of hydrogen-bond donors (Lipinski definition) is 2. The first-order valence-corrected chi connectivity index (χ1v) is 6.28. The van der Waals surface area contributed by atoms with Crippen molar-refractivity contribution in [2.75, 3.05) is 5.32 Å². The molecule has 102 valence electrons. The Balaban J connectivity index is 2.33. The van der Waals surface area contributed by atoms with Gasteiger partial charge in [-0.15, -0.1) is 0 Å². The topological polar surface area (TPSA) is 68.0 Å². The van der Waals surface area contributed by atoms with Gasteiger partial charge in [-0.3, -0.25) is 9.78 Å². The van der Waals surface area contributed by atoms with E-state index in [-0.39, 0.29) is 21.1 Å². The van der Waals surface area contributed by atoms with Crippen LogP contribution >= 0.6 is 23.8 Å². The number of rotatable bonds is 3. The molecule has 4 nitrogen and oxygen atoms in total. The number of halogens is 2. The highest BCUT2D eigenvalue weighted by atomic mass is 35.5. The number of carbonyl (C=O) groups is 1. The van der Waals surface area contributed by atoms with Gasteiger partial charge in [-0.05, 0) is 24.3 Å². The van der Waals surface area contributed by atoms with E-state index in [0.29, 0.717) is 5.69 Å². The van der Waals surface area contributed by atoms with Crippen molar-refractivity contribution in [3.63, 3.8) is 0 Å². The molecule has 0 unspecified atom stereocenters. The zero-order chi connectivity index (χ0) is 14.7. The molecule has 0 spiro atoms. The number of nitrogens with zero attached hydrogens (tertiary/aromatic N) is 1. The van der Waals surface area contributed by atoms with E-state index in [1.54, 1.807) is 0 Å². The van der Waals surface area contributed by atoms with Gasteiger partial charge in [0.15, 0.2) is 0 Å². The minimum Gasteiger partial charge on any atom is -0.389 e. The van der Waals surface area contributed by atoms with Crippen LogP contribution in [0.5, 0.6) is 0 Å². The number of nitrogens with two attached hydrogens (primary N) is 1. The molecule has 0 atom stereocenters. The molecule has 0 saturated carbocycles. The lowest BCUT2D eigenvalue weighted by Gasteiger charge is -2.10. The molecule has 0 bridgehead atoms. The SMILES string of the molecule is NC(=S)c1cc(F)ccc1NC(=O)c1ccncc1Cl. The number of carbonyl (C=O) groups excluding carboxylic acids is 1. The van der Waals surface area contributed by atoms with Crippen molar-refractivity contribution in [1.82, 2.24) is 4.98 Å². The number of amides is 1. The molecule has 20 heavy (non-hydrogen) atoms. The highest BCUT2D eigenvalue weighted by Crippen LogP contribution is 2.20. The fraction of sp³-hybridized carbons (Fsp3) is 0. The lowest BCUT2D eigenvalue weighted by molar-refractivity contribution is 0.102. The van der Waals surface area contributed by atoms with Gasteiger partial charge in [0.2, 0.25) is 0 Å². The molecule has 2 rings (SSSR count). The molecule has 2 aromatic rings. The van der Waals surface area contributed by atoms with Crippen LogP contribution in [0.3, 0.4) is 0 Å². The lowest BCUT2D eigenvalue weighted by atomic mass is 10.1. The van der Waals surface area contributed by atoms with E-state index in [0.717, 1.165) is 6.07 Å². The minimum atomic E-state index is -0.493. The summed E-state index contributed by atoms with van der Waals surface area (Å²) >= 11 is 10.7. The number of hydrogen-bond acceptors (Lipinski definition) is 3. The second-order valence-corrected chi connectivity index (χ2v) is 4.71. The third-order valence-electron chi connectivity index (χ3n) is 2.51. The van der Waals surface area contributed by atoms with Crippen molar-refractivity contribution < 1.29 is 9.18 Å². The van der Waals surface area contributed by atoms with E-state index >= 15 is 0 Å². The standard InChI is InChI=1S/C13H9ClFN3OS/c14-10-6-17-4-3-8(10)13(19)18-11-2-1-7(15)5-9(11)12(16)20/h1-6H,(H2,16,20)(H,18,19). The van der Waals surface area contributed by atoms with E-state index in [9.17, 15) is 9.18 Å². The van der Waals surface area contributed by atoms with Crippen molar-refractivity contribution in [1.29, 1.82) is 0 Å². The second-order valence-electron chi connectivity index (χ2n) is 3.86. The van der Waals surface area contributed by atoms with Gasteiger partial charge in [-0.2, -0.15) is 0 Å². The molecule has 0 radical (unpaired) electrons. The summed E-state index contributed by atoms with van der Waals surface area (Å²) in [4.78, 5) is 15.9. The first-order valence-electron chi connectivity index (χ1n) is 5.49. The summed E-state index contributed by atoms with van der Waals surface area (Å²) in [6.45, 7) is 0. The van der Waals surface area contributed by atoms with Gasteiger partial charge in [0, 0.05) is 18.0 Å². The maximum atomic E-state index is 13.2. The Kier molecular flexibility index (Phi) is 4.26. The van der Waals surface area contributed by atoms with Crippen molar-refractivity contribution in [3.05, 3.63) is 58.6 Å².